The molecule has 0 saturated carbocycles. The van der Waals surface area contributed by atoms with Crippen LogP contribution in [0.3, 0.4) is 0 Å². The predicted molar refractivity (Wildman–Crippen MR) is 85.9 cm³/mol. The van der Waals surface area contributed by atoms with Crippen LogP contribution in [-0.2, 0) is 15.5 Å². The summed E-state index contributed by atoms with van der Waals surface area (Å²) < 4.78 is 35.2. The van der Waals surface area contributed by atoms with Crippen molar-refractivity contribution in [1.82, 2.24) is 0 Å². The van der Waals surface area contributed by atoms with Crippen LogP contribution < -0.4 is 8.92 Å². The van der Waals surface area contributed by atoms with E-state index in [0.29, 0.717) is 5.75 Å². The fourth-order valence-corrected chi connectivity index (χ4v) is 3.10. The van der Waals surface area contributed by atoms with Crippen LogP contribution in [-0.4, -0.2) is 15.5 Å². The highest BCUT2D eigenvalue weighted by molar-refractivity contribution is 7.87. The van der Waals surface area contributed by atoms with E-state index >= 15 is 0 Å². The summed E-state index contributed by atoms with van der Waals surface area (Å²) in [6, 6.07) is 13.5. The van der Waals surface area contributed by atoms with Gasteiger partial charge in [-0.15, -0.1) is 0 Å². The predicted octanol–water partition coefficient (Wildman–Crippen LogP) is 3.76. The quantitative estimate of drug-likeness (QED) is 0.805. The van der Waals surface area contributed by atoms with Crippen LogP contribution >= 0.6 is 0 Å². The van der Waals surface area contributed by atoms with Crippen LogP contribution in [0.15, 0.2) is 53.4 Å². The molecule has 2 rings (SSSR count). The van der Waals surface area contributed by atoms with Crippen LogP contribution in [0.25, 0.3) is 0 Å². The van der Waals surface area contributed by atoms with E-state index in [9.17, 15) is 8.42 Å². The second-order valence-corrected chi connectivity index (χ2v) is 7.48. The van der Waals surface area contributed by atoms with E-state index < -0.39 is 10.1 Å². The first kappa shape index (κ1) is 16.4. The Morgan fingerprint density at radius 3 is 2.27 bits per heavy atom. The van der Waals surface area contributed by atoms with Gasteiger partial charge in [0.1, 0.15) is 16.4 Å². The van der Waals surface area contributed by atoms with E-state index in [1.54, 1.807) is 36.4 Å². The number of ether oxygens (including phenoxy) is 1. The van der Waals surface area contributed by atoms with Gasteiger partial charge in [-0.05, 0) is 35.2 Å². The average Bonchev–Trinajstić information content (AvgIpc) is 2.46. The van der Waals surface area contributed by atoms with Crippen LogP contribution in [0.4, 0.5) is 0 Å². The lowest BCUT2D eigenvalue weighted by atomic mass is 9.87. The summed E-state index contributed by atoms with van der Waals surface area (Å²) in [7, 11) is -2.52. The number of hydrogen-bond acceptors (Lipinski definition) is 4. The molecule has 0 amide bonds. The fourth-order valence-electron chi connectivity index (χ4n) is 2.01. The zero-order valence-corrected chi connectivity index (χ0v) is 14.0. The minimum atomic E-state index is -3.94. The molecular formula is C17H20O4S. The van der Waals surface area contributed by atoms with Crippen LogP contribution in [0.1, 0.15) is 26.3 Å². The Bertz CT molecular complexity index is 758. The molecule has 4 nitrogen and oxygen atoms in total. The van der Waals surface area contributed by atoms with Gasteiger partial charge < -0.3 is 8.92 Å². The normalized spacial score (nSPS) is 12.0. The van der Waals surface area contributed by atoms with Crippen LogP contribution in [0.5, 0.6) is 11.5 Å². The lowest BCUT2D eigenvalue weighted by Crippen LogP contribution is -2.13. The molecule has 0 aliphatic rings. The maximum absolute atomic E-state index is 12.4. The van der Waals surface area contributed by atoms with Crippen molar-refractivity contribution < 1.29 is 17.3 Å². The molecule has 5 heteroatoms. The third-order valence-electron chi connectivity index (χ3n) is 3.24. The standard InChI is InChI=1S/C17H20O4S/c1-17(2,3)13-8-7-9-14(12-13)21-22(18,19)16-11-6-5-10-15(16)20-4/h5-12H,1-4H3. The van der Waals surface area contributed by atoms with Crippen molar-refractivity contribution in [2.45, 2.75) is 31.1 Å². The van der Waals surface area contributed by atoms with Crippen molar-refractivity contribution in [3.8, 4) is 11.5 Å². The summed E-state index contributed by atoms with van der Waals surface area (Å²) in [6.45, 7) is 6.17. The molecule has 0 spiro atoms. The molecule has 0 aromatic heterocycles. The SMILES string of the molecule is COc1ccccc1S(=O)(=O)Oc1cccc(C(C)(C)C)c1. The van der Waals surface area contributed by atoms with E-state index in [1.165, 1.54) is 13.2 Å². The van der Waals surface area contributed by atoms with Crippen molar-refractivity contribution in [3.05, 3.63) is 54.1 Å². The Morgan fingerprint density at radius 2 is 1.64 bits per heavy atom. The largest absolute Gasteiger partial charge is 0.495 e. The molecule has 0 aliphatic heterocycles. The summed E-state index contributed by atoms with van der Waals surface area (Å²) >= 11 is 0. The van der Waals surface area contributed by atoms with Gasteiger partial charge in [-0.25, -0.2) is 0 Å². The molecule has 0 unspecified atom stereocenters. The van der Waals surface area contributed by atoms with Crippen molar-refractivity contribution >= 4 is 10.1 Å². The first-order valence-electron chi connectivity index (χ1n) is 6.92. The minimum Gasteiger partial charge on any atom is -0.495 e. The van der Waals surface area contributed by atoms with Gasteiger partial charge in [0, 0.05) is 0 Å². The van der Waals surface area contributed by atoms with Crippen molar-refractivity contribution in [2.75, 3.05) is 7.11 Å². The second-order valence-electron chi connectivity index (χ2n) is 5.97. The van der Waals surface area contributed by atoms with E-state index in [2.05, 4.69) is 20.8 Å². The van der Waals surface area contributed by atoms with Gasteiger partial charge >= 0.3 is 10.1 Å². The first-order valence-corrected chi connectivity index (χ1v) is 8.33. The van der Waals surface area contributed by atoms with E-state index in [1.807, 2.05) is 6.07 Å². The number of rotatable bonds is 4. The van der Waals surface area contributed by atoms with E-state index in [4.69, 9.17) is 8.92 Å². The highest BCUT2D eigenvalue weighted by Crippen LogP contribution is 2.29. The zero-order chi connectivity index (χ0) is 16.4. The molecule has 0 heterocycles. The number of methoxy groups -OCH3 is 1. The molecule has 22 heavy (non-hydrogen) atoms. The van der Waals surface area contributed by atoms with Crippen LogP contribution in [0.2, 0.25) is 0 Å². The van der Waals surface area contributed by atoms with E-state index in [0.717, 1.165) is 5.56 Å². The van der Waals surface area contributed by atoms with Crippen molar-refractivity contribution in [1.29, 1.82) is 0 Å². The smallest absolute Gasteiger partial charge is 0.342 e. The average molecular weight is 320 g/mol. The zero-order valence-electron chi connectivity index (χ0n) is 13.2. The third-order valence-corrected chi connectivity index (χ3v) is 4.53. The Morgan fingerprint density at radius 1 is 0.955 bits per heavy atom. The van der Waals surface area contributed by atoms with Gasteiger partial charge in [0.25, 0.3) is 0 Å². The lowest BCUT2D eigenvalue weighted by Gasteiger charge is -2.19. The molecule has 0 aliphatic carbocycles. The van der Waals surface area contributed by atoms with Crippen molar-refractivity contribution in [2.24, 2.45) is 0 Å². The maximum atomic E-state index is 12.4. The summed E-state index contributed by atoms with van der Waals surface area (Å²) in [5, 5.41) is 0. The maximum Gasteiger partial charge on any atom is 0.342 e. The van der Waals surface area contributed by atoms with Gasteiger partial charge in [-0.3, -0.25) is 0 Å². The Kier molecular flexibility index (Phi) is 4.47. The molecule has 2 aromatic rings. The molecular weight excluding hydrogens is 300 g/mol. The van der Waals surface area contributed by atoms with Crippen molar-refractivity contribution in [3.63, 3.8) is 0 Å². The Labute approximate surface area is 131 Å². The molecule has 118 valence electrons. The molecule has 0 fully saturated rings. The molecule has 0 radical (unpaired) electrons. The first-order chi connectivity index (χ1) is 10.2. The summed E-state index contributed by atoms with van der Waals surface area (Å²) in [4.78, 5) is 0.0126. The van der Waals surface area contributed by atoms with Gasteiger partial charge in [0.15, 0.2) is 0 Å². The summed E-state index contributed by atoms with van der Waals surface area (Å²) in [5.41, 5.74) is 0.910. The summed E-state index contributed by atoms with van der Waals surface area (Å²) in [6.07, 6.45) is 0. The van der Waals surface area contributed by atoms with Crippen LogP contribution in [0, 0.1) is 0 Å². The molecule has 2 aromatic carbocycles. The molecule has 0 atom stereocenters. The second kappa shape index (κ2) is 6.01. The highest BCUT2D eigenvalue weighted by atomic mass is 32.2. The van der Waals surface area contributed by atoms with Gasteiger partial charge in [0.05, 0.1) is 7.11 Å². The minimum absolute atomic E-state index is 0.0126. The lowest BCUT2D eigenvalue weighted by molar-refractivity contribution is 0.398. The number of benzene rings is 2. The molecule has 0 N–H and O–H groups in total. The third kappa shape index (κ3) is 3.60. The fraction of sp³-hybridized carbons (Fsp3) is 0.294. The Balaban J connectivity index is 2.37. The number of para-hydroxylation sites is 1. The summed E-state index contributed by atoms with van der Waals surface area (Å²) in [5.74, 6) is 0.549. The van der Waals surface area contributed by atoms with Gasteiger partial charge in [-0.2, -0.15) is 8.42 Å². The number of hydrogen-bond donors (Lipinski definition) is 0. The van der Waals surface area contributed by atoms with E-state index in [-0.39, 0.29) is 16.1 Å². The van der Waals surface area contributed by atoms with Gasteiger partial charge in [-0.1, -0.05) is 45.0 Å². The topological polar surface area (TPSA) is 52.6 Å². The monoisotopic (exact) mass is 320 g/mol. The Hall–Kier alpha value is -2.01. The molecule has 0 saturated heterocycles. The molecule has 0 bridgehead atoms. The highest BCUT2D eigenvalue weighted by Gasteiger charge is 2.22. The van der Waals surface area contributed by atoms with Gasteiger partial charge in [0.2, 0.25) is 0 Å².